The number of aryl methyl sites for hydroxylation is 1. The first-order valence-corrected chi connectivity index (χ1v) is 7.14. The second-order valence-electron chi connectivity index (χ2n) is 4.40. The normalized spacial score (nSPS) is 11.9. The number of aromatic nitrogens is 3. The van der Waals surface area contributed by atoms with Crippen LogP contribution in [-0.2, 0) is 4.79 Å². The van der Waals surface area contributed by atoms with Gasteiger partial charge in [0.05, 0.1) is 5.25 Å². The van der Waals surface area contributed by atoms with Gasteiger partial charge in [-0.25, -0.2) is 0 Å². The number of thioether (sulfide) groups is 1. The maximum atomic E-state index is 12.2. The van der Waals surface area contributed by atoms with Crippen LogP contribution in [0.3, 0.4) is 0 Å². The molecule has 0 unspecified atom stereocenters. The van der Waals surface area contributed by atoms with Crippen molar-refractivity contribution in [2.45, 2.75) is 24.3 Å². The van der Waals surface area contributed by atoms with Crippen molar-refractivity contribution < 1.29 is 4.79 Å². The summed E-state index contributed by atoms with van der Waals surface area (Å²) in [5.74, 6) is -0.0696. The lowest BCUT2D eigenvalue weighted by molar-refractivity contribution is -0.115. The van der Waals surface area contributed by atoms with Crippen molar-refractivity contribution in [2.24, 2.45) is 0 Å². The molecule has 21 heavy (non-hydrogen) atoms. The van der Waals surface area contributed by atoms with E-state index in [1.165, 1.54) is 11.8 Å². The van der Waals surface area contributed by atoms with Crippen molar-refractivity contribution >= 4 is 35.3 Å². The lowest BCUT2D eigenvalue weighted by Gasteiger charge is -2.12. The summed E-state index contributed by atoms with van der Waals surface area (Å²) in [6, 6.07) is 7.57. The Morgan fingerprint density at radius 1 is 1.19 bits per heavy atom. The SMILES string of the molecule is Cc1ccccc1NC(=O)[C@@H](C)Sc1nc(N)nc(N)n1. The molecule has 1 aromatic heterocycles. The van der Waals surface area contributed by atoms with Crippen LogP contribution in [0.5, 0.6) is 0 Å². The molecule has 0 fully saturated rings. The monoisotopic (exact) mass is 304 g/mol. The minimum absolute atomic E-state index is 0.0384. The fraction of sp³-hybridized carbons (Fsp3) is 0.231. The number of nitrogens with one attached hydrogen (secondary N) is 1. The Morgan fingerprint density at radius 3 is 2.43 bits per heavy atom. The Bertz CT molecular complexity index is 643. The van der Waals surface area contributed by atoms with Gasteiger partial charge in [0.15, 0.2) is 5.16 Å². The summed E-state index contributed by atoms with van der Waals surface area (Å²) in [4.78, 5) is 23.7. The molecule has 7 nitrogen and oxygen atoms in total. The third-order valence-corrected chi connectivity index (χ3v) is 3.66. The van der Waals surface area contributed by atoms with Crippen LogP contribution >= 0.6 is 11.8 Å². The van der Waals surface area contributed by atoms with E-state index in [0.717, 1.165) is 11.3 Å². The number of hydrogen-bond acceptors (Lipinski definition) is 7. The quantitative estimate of drug-likeness (QED) is 0.731. The Labute approximate surface area is 126 Å². The van der Waals surface area contributed by atoms with E-state index in [1.807, 2.05) is 31.2 Å². The van der Waals surface area contributed by atoms with Gasteiger partial charge in [-0.1, -0.05) is 30.0 Å². The van der Waals surface area contributed by atoms with Crippen LogP contribution in [0.4, 0.5) is 17.6 Å². The highest BCUT2D eigenvalue weighted by atomic mass is 32.2. The molecule has 2 rings (SSSR count). The molecule has 1 heterocycles. The second-order valence-corrected chi connectivity index (χ2v) is 5.71. The molecule has 5 N–H and O–H groups in total. The van der Waals surface area contributed by atoms with Gasteiger partial charge in [0.2, 0.25) is 17.8 Å². The van der Waals surface area contributed by atoms with Gasteiger partial charge < -0.3 is 16.8 Å². The van der Waals surface area contributed by atoms with Gasteiger partial charge in [0, 0.05) is 5.69 Å². The Kier molecular flexibility index (Phi) is 4.59. The van der Waals surface area contributed by atoms with E-state index in [4.69, 9.17) is 11.5 Å². The summed E-state index contributed by atoms with van der Waals surface area (Å²) in [6.45, 7) is 3.69. The van der Waals surface area contributed by atoms with E-state index in [2.05, 4.69) is 20.3 Å². The first kappa shape index (κ1) is 15.0. The summed E-state index contributed by atoms with van der Waals surface area (Å²) in [5, 5.41) is 2.79. The fourth-order valence-electron chi connectivity index (χ4n) is 1.60. The molecule has 1 amide bonds. The topological polar surface area (TPSA) is 120 Å². The van der Waals surface area contributed by atoms with Crippen LogP contribution in [0.2, 0.25) is 0 Å². The minimum Gasteiger partial charge on any atom is -0.368 e. The number of carbonyl (C=O) groups excluding carboxylic acids is 1. The molecule has 0 radical (unpaired) electrons. The molecule has 0 aliphatic rings. The Morgan fingerprint density at radius 2 is 1.81 bits per heavy atom. The van der Waals surface area contributed by atoms with Gasteiger partial charge in [0.25, 0.3) is 0 Å². The molecule has 0 saturated carbocycles. The number of nitrogens with two attached hydrogens (primary N) is 2. The maximum Gasteiger partial charge on any atom is 0.237 e. The molecule has 1 atom stereocenters. The van der Waals surface area contributed by atoms with Crippen LogP contribution in [0, 0.1) is 6.92 Å². The average molecular weight is 304 g/mol. The summed E-state index contributed by atoms with van der Waals surface area (Å²) >= 11 is 1.17. The van der Waals surface area contributed by atoms with Gasteiger partial charge in [-0.3, -0.25) is 4.79 Å². The molecule has 0 saturated heterocycles. The van der Waals surface area contributed by atoms with Gasteiger partial charge in [-0.2, -0.15) is 15.0 Å². The van der Waals surface area contributed by atoms with Crippen LogP contribution in [0.25, 0.3) is 0 Å². The molecular formula is C13H16N6OS. The molecule has 1 aromatic carbocycles. The zero-order valence-corrected chi connectivity index (χ0v) is 12.5. The average Bonchev–Trinajstić information content (AvgIpc) is 2.40. The molecule has 0 spiro atoms. The van der Waals surface area contributed by atoms with Crippen LogP contribution < -0.4 is 16.8 Å². The molecule has 110 valence electrons. The number of hydrogen-bond donors (Lipinski definition) is 3. The predicted octanol–water partition coefficient (Wildman–Crippen LogP) is 1.46. The minimum atomic E-state index is -0.397. The van der Waals surface area contributed by atoms with Crippen molar-refractivity contribution in [3.8, 4) is 0 Å². The molecule has 0 bridgehead atoms. The number of carbonyl (C=O) groups is 1. The lowest BCUT2D eigenvalue weighted by Crippen LogP contribution is -2.23. The number of amides is 1. The van der Waals surface area contributed by atoms with Gasteiger partial charge in [-0.15, -0.1) is 0 Å². The standard InChI is InChI=1S/C13H16N6OS/c1-7-5-3-4-6-9(7)16-10(20)8(2)21-13-18-11(14)17-12(15)19-13/h3-6,8H,1-2H3,(H,16,20)(H4,14,15,17,18,19)/t8-/m1/s1. The highest BCUT2D eigenvalue weighted by molar-refractivity contribution is 8.00. The van der Waals surface area contributed by atoms with E-state index >= 15 is 0 Å². The number of benzene rings is 1. The van der Waals surface area contributed by atoms with Crippen LogP contribution in [0.15, 0.2) is 29.4 Å². The molecule has 2 aromatic rings. The highest BCUT2D eigenvalue weighted by Crippen LogP contribution is 2.22. The van der Waals surface area contributed by atoms with E-state index < -0.39 is 5.25 Å². The van der Waals surface area contributed by atoms with E-state index in [0.29, 0.717) is 5.16 Å². The van der Waals surface area contributed by atoms with Crippen molar-refractivity contribution in [2.75, 3.05) is 16.8 Å². The van der Waals surface area contributed by atoms with Gasteiger partial charge in [0.1, 0.15) is 0 Å². The lowest BCUT2D eigenvalue weighted by atomic mass is 10.2. The van der Waals surface area contributed by atoms with Crippen LogP contribution in [0.1, 0.15) is 12.5 Å². The number of rotatable bonds is 4. The predicted molar refractivity (Wildman–Crippen MR) is 83.8 cm³/mol. The van der Waals surface area contributed by atoms with Gasteiger partial charge >= 0.3 is 0 Å². The zero-order chi connectivity index (χ0) is 15.4. The van der Waals surface area contributed by atoms with Gasteiger partial charge in [-0.05, 0) is 25.5 Å². The number of nitrogen functional groups attached to an aromatic ring is 2. The second kappa shape index (κ2) is 6.40. The zero-order valence-electron chi connectivity index (χ0n) is 11.7. The summed E-state index contributed by atoms with van der Waals surface area (Å²) in [5.41, 5.74) is 12.8. The van der Waals surface area contributed by atoms with Crippen molar-refractivity contribution in [3.63, 3.8) is 0 Å². The highest BCUT2D eigenvalue weighted by Gasteiger charge is 2.17. The summed E-state index contributed by atoms with van der Waals surface area (Å²) in [6.07, 6.45) is 0. The molecule has 0 aliphatic carbocycles. The van der Waals surface area contributed by atoms with Crippen molar-refractivity contribution in [1.29, 1.82) is 0 Å². The molecule has 8 heteroatoms. The summed E-state index contributed by atoms with van der Waals surface area (Å²) < 4.78 is 0. The third-order valence-electron chi connectivity index (χ3n) is 2.70. The first-order chi connectivity index (χ1) is 9.95. The summed E-state index contributed by atoms with van der Waals surface area (Å²) in [7, 11) is 0. The fourth-order valence-corrected chi connectivity index (χ4v) is 2.37. The maximum absolute atomic E-state index is 12.2. The molecule has 0 aliphatic heterocycles. The number of para-hydroxylation sites is 1. The Hall–Kier alpha value is -2.35. The van der Waals surface area contributed by atoms with E-state index in [-0.39, 0.29) is 17.8 Å². The Balaban J connectivity index is 2.04. The van der Waals surface area contributed by atoms with Crippen molar-refractivity contribution in [1.82, 2.24) is 15.0 Å². The largest absolute Gasteiger partial charge is 0.368 e. The van der Waals surface area contributed by atoms with Crippen molar-refractivity contribution in [3.05, 3.63) is 29.8 Å². The van der Waals surface area contributed by atoms with E-state index in [9.17, 15) is 4.79 Å². The molecular weight excluding hydrogens is 288 g/mol. The third kappa shape index (κ3) is 4.06. The van der Waals surface area contributed by atoms with Crippen LogP contribution in [-0.4, -0.2) is 26.1 Å². The smallest absolute Gasteiger partial charge is 0.237 e. The number of anilines is 3. The number of nitrogens with zero attached hydrogens (tertiary/aromatic N) is 3. The first-order valence-electron chi connectivity index (χ1n) is 6.26. The van der Waals surface area contributed by atoms with E-state index in [1.54, 1.807) is 6.92 Å².